The molecule has 1 aliphatic carbocycles. The zero-order valence-electron chi connectivity index (χ0n) is 12.9. The van der Waals surface area contributed by atoms with Gasteiger partial charge in [-0.15, -0.1) is 13.1 Å². The van der Waals surface area contributed by atoms with Crippen LogP contribution in [0.15, 0.2) is 0 Å². The Balaban J connectivity index is 0.000000516. The van der Waals surface area contributed by atoms with Crippen LogP contribution in [0.5, 0.6) is 0 Å². The standard InChI is InChI=1S/C13H23N2.C2H6.K/c1-15-9-13(10-15)7-12(8-13)6-11-2-4-14-5-3-11;1-2;/h11-12H,2-10H2,1H3;1-2H3;/q-1;;+1. The number of nitrogens with zero attached hydrogens (tertiary/aromatic N) is 2. The molecule has 1 spiro atoms. The van der Waals surface area contributed by atoms with E-state index in [4.69, 9.17) is 0 Å². The molecule has 0 unspecified atom stereocenters. The molecule has 3 heteroatoms. The smallest absolute Gasteiger partial charge is 0.662 e. The van der Waals surface area contributed by atoms with Crippen LogP contribution in [0.4, 0.5) is 0 Å². The Morgan fingerprint density at radius 3 is 2.11 bits per heavy atom. The van der Waals surface area contributed by atoms with Gasteiger partial charge in [-0.05, 0) is 43.6 Å². The van der Waals surface area contributed by atoms with Gasteiger partial charge in [0.1, 0.15) is 0 Å². The van der Waals surface area contributed by atoms with Crippen LogP contribution >= 0.6 is 0 Å². The van der Waals surface area contributed by atoms with E-state index in [1.54, 1.807) is 0 Å². The SMILES string of the molecule is CC.CN1CC2(CC(CC3CC[N-]CC3)C2)C1.[K+]. The van der Waals surface area contributed by atoms with E-state index in [9.17, 15) is 0 Å². The number of hydrogen-bond donors (Lipinski definition) is 0. The summed E-state index contributed by atoms with van der Waals surface area (Å²) in [6, 6.07) is 0. The van der Waals surface area contributed by atoms with Crippen molar-refractivity contribution >= 4 is 0 Å². The Morgan fingerprint density at radius 1 is 1.06 bits per heavy atom. The van der Waals surface area contributed by atoms with Gasteiger partial charge in [0.05, 0.1) is 0 Å². The van der Waals surface area contributed by atoms with Gasteiger partial charge in [-0.3, -0.25) is 0 Å². The summed E-state index contributed by atoms with van der Waals surface area (Å²) in [4.78, 5) is 2.47. The molecule has 0 aromatic rings. The summed E-state index contributed by atoms with van der Waals surface area (Å²) in [5.74, 6) is 2.09. The van der Waals surface area contributed by atoms with Crippen molar-refractivity contribution in [3.63, 3.8) is 0 Å². The third-order valence-electron chi connectivity index (χ3n) is 4.71. The van der Waals surface area contributed by atoms with Crippen molar-refractivity contribution in [2.45, 2.75) is 46.0 Å². The van der Waals surface area contributed by atoms with E-state index in [2.05, 4.69) is 17.3 Å². The van der Waals surface area contributed by atoms with Gasteiger partial charge in [0.25, 0.3) is 0 Å². The van der Waals surface area contributed by atoms with Crippen LogP contribution in [-0.2, 0) is 0 Å². The van der Waals surface area contributed by atoms with E-state index in [0.29, 0.717) is 0 Å². The van der Waals surface area contributed by atoms with E-state index in [0.717, 1.165) is 30.3 Å². The van der Waals surface area contributed by atoms with E-state index in [1.165, 1.54) is 45.2 Å². The van der Waals surface area contributed by atoms with Crippen molar-refractivity contribution in [2.75, 3.05) is 33.2 Å². The molecule has 0 bridgehead atoms. The monoisotopic (exact) mass is 276 g/mol. The van der Waals surface area contributed by atoms with Crippen molar-refractivity contribution in [1.29, 1.82) is 0 Å². The first-order valence-corrected chi connectivity index (χ1v) is 7.58. The second kappa shape index (κ2) is 8.11. The molecule has 1 saturated carbocycles. The molecule has 0 aromatic heterocycles. The van der Waals surface area contributed by atoms with E-state index >= 15 is 0 Å². The first-order valence-electron chi connectivity index (χ1n) is 7.58. The second-order valence-corrected chi connectivity index (χ2v) is 6.30. The minimum absolute atomic E-state index is 0. The second-order valence-electron chi connectivity index (χ2n) is 6.30. The molecule has 2 saturated heterocycles. The predicted molar refractivity (Wildman–Crippen MR) is 74.4 cm³/mol. The molecule has 0 atom stereocenters. The molecule has 0 N–H and O–H groups in total. The van der Waals surface area contributed by atoms with Gasteiger partial charge in [-0.1, -0.05) is 26.7 Å². The number of hydrogen-bond acceptors (Lipinski definition) is 1. The Bertz CT molecular complexity index is 225. The average Bonchev–Trinajstić information content (AvgIpc) is 2.28. The molecule has 0 amide bonds. The van der Waals surface area contributed by atoms with Gasteiger partial charge < -0.3 is 10.2 Å². The summed E-state index contributed by atoms with van der Waals surface area (Å²) in [5.41, 5.74) is 0.790. The maximum Gasteiger partial charge on any atom is 1.00 e. The van der Waals surface area contributed by atoms with Crippen LogP contribution in [-0.4, -0.2) is 38.1 Å². The predicted octanol–water partition coefficient (Wildman–Crippen LogP) is 0.532. The summed E-state index contributed by atoms with van der Waals surface area (Å²) < 4.78 is 0. The van der Waals surface area contributed by atoms with Crippen molar-refractivity contribution in [1.82, 2.24) is 4.90 Å². The van der Waals surface area contributed by atoms with Crippen molar-refractivity contribution in [3.8, 4) is 0 Å². The molecule has 2 heterocycles. The first kappa shape index (κ1) is 17.6. The molecule has 3 rings (SSSR count). The zero-order valence-corrected chi connectivity index (χ0v) is 16.0. The summed E-state index contributed by atoms with van der Waals surface area (Å²) in [6.45, 7) is 9.05. The van der Waals surface area contributed by atoms with E-state index in [-0.39, 0.29) is 51.4 Å². The van der Waals surface area contributed by atoms with Gasteiger partial charge in [0.2, 0.25) is 0 Å². The van der Waals surface area contributed by atoms with Crippen LogP contribution in [0.1, 0.15) is 46.0 Å². The maximum atomic E-state index is 4.44. The van der Waals surface area contributed by atoms with Crippen LogP contribution in [0.2, 0.25) is 0 Å². The Morgan fingerprint density at radius 2 is 1.61 bits per heavy atom. The van der Waals surface area contributed by atoms with Gasteiger partial charge >= 0.3 is 51.4 Å². The first-order chi connectivity index (χ1) is 8.26. The van der Waals surface area contributed by atoms with Crippen LogP contribution in [0.25, 0.3) is 5.32 Å². The summed E-state index contributed by atoms with van der Waals surface area (Å²) in [7, 11) is 2.25. The third-order valence-corrected chi connectivity index (χ3v) is 4.71. The van der Waals surface area contributed by atoms with Crippen molar-refractivity contribution in [3.05, 3.63) is 5.32 Å². The number of rotatable bonds is 2. The summed E-state index contributed by atoms with van der Waals surface area (Å²) in [5, 5.41) is 4.44. The fourth-order valence-corrected chi connectivity index (χ4v) is 4.20. The van der Waals surface area contributed by atoms with Gasteiger partial charge in [0, 0.05) is 13.1 Å². The van der Waals surface area contributed by atoms with Gasteiger partial charge in [-0.25, -0.2) is 0 Å². The normalized spacial score (nSPS) is 27.5. The van der Waals surface area contributed by atoms with Crippen LogP contribution < -0.4 is 51.4 Å². The Kier molecular flexibility index (Phi) is 7.93. The van der Waals surface area contributed by atoms with Crippen LogP contribution in [0, 0.1) is 17.3 Å². The molecule has 3 fully saturated rings. The largest absolute Gasteiger partial charge is 1.00 e. The Labute approximate surface area is 156 Å². The minimum atomic E-state index is 0. The van der Waals surface area contributed by atoms with E-state index < -0.39 is 0 Å². The number of piperidine rings is 1. The molecule has 0 radical (unpaired) electrons. The minimum Gasteiger partial charge on any atom is -0.662 e. The molecule has 2 aliphatic heterocycles. The van der Waals surface area contributed by atoms with Crippen molar-refractivity contribution in [2.24, 2.45) is 17.3 Å². The molecule has 18 heavy (non-hydrogen) atoms. The van der Waals surface area contributed by atoms with Crippen LogP contribution in [0.3, 0.4) is 0 Å². The van der Waals surface area contributed by atoms with Gasteiger partial charge in [-0.2, -0.15) is 0 Å². The molecule has 0 aromatic carbocycles. The summed E-state index contributed by atoms with van der Waals surface area (Å²) in [6.07, 6.45) is 7.34. The molecule has 100 valence electrons. The fraction of sp³-hybridized carbons (Fsp3) is 1.00. The molecular formula is C15H29KN2. The number of likely N-dealkylation sites (tertiary alicyclic amines) is 1. The van der Waals surface area contributed by atoms with E-state index in [1.807, 2.05) is 13.8 Å². The summed E-state index contributed by atoms with van der Waals surface area (Å²) >= 11 is 0. The molecule has 3 aliphatic rings. The molecular weight excluding hydrogens is 247 g/mol. The van der Waals surface area contributed by atoms with Gasteiger partial charge in [0.15, 0.2) is 0 Å². The topological polar surface area (TPSA) is 17.3 Å². The Hall–Kier alpha value is 1.56. The third kappa shape index (κ3) is 4.27. The fourth-order valence-electron chi connectivity index (χ4n) is 4.20. The average molecular weight is 277 g/mol. The maximum absolute atomic E-state index is 4.44. The quantitative estimate of drug-likeness (QED) is 0.673. The van der Waals surface area contributed by atoms with Crippen molar-refractivity contribution < 1.29 is 51.4 Å². The molecule has 2 nitrogen and oxygen atoms in total. The zero-order chi connectivity index (χ0) is 12.3.